The summed E-state index contributed by atoms with van der Waals surface area (Å²) in [6.45, 7) is 5.89. The van der Waals surface area contributed by atoms with Crippen LogP contribution in [0.2, 0.25) is 0 Å². The molecule has 30 heavy (non-hydrogen) atoms. The van der Waals surface area contributed by atoms with Crippen LogP contribution in [-0.2, 0) is 10.3 Å². The first-order valence-electron chi connectivity index (χ1n) is 9.11. The highest BCUT2D eigenvalue weighted by atomic mass is 32.2. The van der Waals surface area contributed by atoms with Gasteiger partial charge in [0.15, 0.2) is 0 Å². The van der Waals surface area contributed by atoms with E-state index in [4.69, 9.17) is 0 Å². The molecule has 2 amide bonds. The number of tetrazole rings is 1. The van der Waals surface area contributed by atoms with Crippen molar-refractivity contribution >= 4 is 35.0 Å². The number of carbonyl (C=O) groups is 2. The maximum atomic E-state index is 13.0. The number of amides is 2. The molecule has 8 nitrogen and oxygen atoms in total. The number of rotatable bonds is 6. The van der Waals surface area contributed by atoms with Gasteiger partial charge in [0.2, 0.25) is 11.1 Å². The van der Waals surface area contributed by atoms with Gasteiger partial charge >= 0.3 is 0 Å². The van der Waals surface area contributed by atoms with Crippen molar-refractivity contribution in [1.82, 2.24) is 20.2 Å². The quantitative estimate of drug-likeness (QED) is 0.582. The Labute approximate surface area is 177 Å². The molecular formula is C20H21FN6O2S. The predicted octanol–water partition coefficient (Wildman–Crippen LogP) is 3.55. The average molecular weight is 428 g/mol. The number of benzene rings is 2. The number of thioether (sulfide) groups is 1. The second-order valence-corrected chi connectivity index (χ2v) is 8.33. The number of hydrogen-bond donors (Lipinski definition) is 2. The average Bonchev–Trinajstić information content (AvgIpc) is 3.18. The van der Waals surface area contributed by atoms with Crippen LogP contribution in [0.4, 0.5) is 15.8 Å². The Kier molecular flexibility index (Phi) is 6.46. The van der Waals surface area contributed by atoms with Crippen LogP contribution in [0.25, 0.3) is 0 Å². The van der Waals surface area contributed by atoms with Crippen molar-refractivity contribution in [2.24, 2.45) is 0 Å². The Morgan fingerprint density at radius 2 is 1.77 bits per heavy atom. The van der Waals surface area contributed by atoms with Gasteiger partial charge in [-0.3, -0.25) is 9.59 Å². The zero-order valence-electron chi connectivity index (χ0n) is 16.7. The molecule has 0 fully saturated rings. The first-order valence-corrected chi connectivity index (χ1v) is 10.1. The van der Waals surface area contributed by atoms with E-state index >= 15 is 0 Å². The fourth-order valence-corrected chi connectivity index (χ4v) is 3.39. The lowest BCUT2D eigenvalue weighted by Crippen LogP contribution is -2.25. The standard InChI is InChI=1S/C20H21FN6O2S/c1-20(2,3)27-19(24-25-26-27)30-12-17(28)23-16-7-5-4-6-15(16)18(29)22-14-10-8-13(21)9-11-14/h4-11H,12H2,1-3H3,(H,22,29)(H,23,28). The Balaban J connectivity index is 1.66. The second kappa shape index (κ2) is 9.04. The molecule has 3 aromatic rings. The predicted molar refractivity (Wildman–Crippen MR) is 113 cm³/mol. The smallest absolute Gasteiger partial charge is 0.257 e. The van der Waals surface area contributed by atoms with Gasteiger partial charge in [0.1, 0.15) is 5.82 Å². The van der Waals surface area contributed by atoms with Crippen LogP contribution in [-0.4, -0.2) is 37.8 Å². The molecule has 0 bridgehead atoms. The molecule has 0 saturated carbocycles. The lowest BCUT2D eigenvalue weighted by molar-refractivity contribution is -0.113. The van der Waals surface area contributed by atoms with Gasteiger partial charge in [-0.2, -0.15) is 0 Å². The second-order valence-electron chi connectivity index (χ2n) is 7.39. The zero-order chi connectivity index (χ0) is 21.7. The van der Waals surface area contributed by atoms with Crippen LogP contribution in [0.5, 0.6) is 0 Å². The molecule has 0 unspecified atom stereocenters. The molecule has 2 N–H and O–H groups in total. The maximum absolute atomic E-state index is 13.0. The van der Waals surface area contributed by atoms with Crippen LogP contribution in [0.15, 0.2) is 53.7 Å². The summed E-state index contributed by atoms with van der Waals surface area (Å²) in [5.74, 6) is -1.03. The van der Waals surface area contributed by atoms with E-state index < -0.39 is 11.7 Å². The molecule has 2 aromatic carbocycles. The van der Waals surface area contributed by atoms with Crippen molar-refractivity contribution < 1.29 is 14.0 Å². The number of halogens is 1. The molecule has 0 spiro atoms. The van der Waals surface area contributed by atoms with Gasteiger partial charge < -0.3 is 10.6 Å². The van der Waals surface area contributed by atoms with Crippen LogP contribution in [0.3, 0.4) is 0 Å². The third kappa shape index (κ3) is 5.41. The van der Waals surface area contributed by atoms with E-state index in [0.29, 0.717) is 22.1 Å². The summed E-state index contributed by atoms with van der Waals surface area (Å²) in [4.78, 5) is 25.1. The highest BCUT2D eigenvalue weighted by molar-refractivity contribution is 7.99. The number of nitrogens with zero attached hydrogens (tertiary/aromatic N) is 4. The monoisotopic (exact) mass is 428 g/mol. The van der Waals surface area contributed by atoms with E-state index in [1.54, 1.807) is 28.9 Å². The summed E-state index contributed by atoms with van der Waals surface area (Å²) in [5, 5.41) is 17.5. The van der Waals surface area contributed by atoms with Gasteiger partial charge in [-0.05, 0) is 67.6 Å². The minimum absolute atomic E-state index is 0.0738. The Bertz CT molecular complexity index is 1050. The first-order chi connectivity index (χ1) is 14.2. The molecule has 0 radical (unpaired) electrons. The summed E-state index contributed by atoms with van der Waals surface area (Å²) < 4.78 is 14.7. The molecule has 0 aliphatic rings. The highest BCUT2D eigenvalue weighted by Gasteiger charge is 2.21. The van der Waals surface area contributed by atoms with Gasteiger partial charge in [-0.15, -0.1) is 5.10 Å². The zero-order valence-corrected chi connectivity index (χ0v) is 17.5. The molecule has 3 rings (SSSR count). The first kappa shape index (κ1) is 21.4. The normalized spacial score (nSPS) is 11.2. The molecule has 0 saturated heterocycles. The van der Waals surface area contributed by atoms with Crippen molar-refractivity contribution in [1.29, 1.82) is 0 Å². The van der Waals surface area contributed by atoms with E-state index in [9.17, 15) is 14.0 Å². The van der Waals surface area contributed by atoms with Crippen molar-refractivity contribution in [2.75, 3.05) is 16.4 Å². The van der Waals surface area contributed by atoms with Gasteiger partial charge in [0, 0.05) is 5.69 Å². The van der Waals surface area contributed by atoms with E-state index in [-0.39, 0.29) is 17.2 Å². The van der Waals surface area contributed by atoms with Crippen molar-refractivity contribution in [3.8, 4) is 0 Å². The van der Waals surface area contributed by atoms with E-state index in [1.807, 2.05) is 20.8 Å². The number of nitrogens with one attached hydrogen (secondary N) is 2. The Hall–Kier alpha value is -3.27. The molecule has 10 heteroatoms. The molecule has 156 valence electrons. The lowest BCUT2D eigenvalue weighted by atomic mass is 10.1. The number of aromatic nitrogens is 4. The third-order valence-electron chi connectivity index (χ3n) is 3.96. The summed E-state index contributed by atoms with van der Waals surface area (Å²) in [6, 6.07) is 12.1. The van der Waals surface area contributed by atoms with Gasteiger partial charge in [-0.25, -0.2) is 9.07 Å². The van der Waals surface area contributed by atoms with Crippen LogP contribution in [0, 0.1) is 5.82 Å². The minimum atomic E-state index is -0.415. The SMILES string of the molecule is CC(C)(C)n1nnnc1SCC(=O)Nc1ccccc1C(=O)Nc1ccc(F)cc1. The maximum Gasteiger partial charge on any atom is 0.257 e. The molecule has 0 aliphatic heterocycles. The number of para-hydroxylation sites is 1. The van der Waals surface area contributed by atoms with Crippen LogP contribution >= 0.6 is 11.8 Å². The Morgan fingerprint density at radius 3 is 2.47 bits per heavy atom. The van der Waals surface area contributed by atoms with E-state index in [2.05, 4.69) is 26.2 Å². The number of hydrogen-bond acceptors (Lipinski definition) is 6. The molecule has 1 aromatic heterocycles. The van der Waals surface area contributed by atoms with Gasteiger partial charge in [0.25, 0.3) is 5.91 Å². The molecular weight excluding hydrogens is 407 g/mol. The molecule has 1 heterocycles. The van der Waals surface area contributed by atoms with Crippen molar-refractivity contribution in [3.63, 3.8) is 0 Å². The fourth-order valence-electron chi connectivity index (χ4n) is 2.53. The van der Waals surface area contributed by atoms with Crippen molar-refractivity contribution in [2.45, 2.75) is 31.5 Å². The summed E-state index contributed by atoms with van der Waals surface area (Å²) >= 11 is 1.20. The summed E-state index contributed by atoms with van der Waals surface area (Å²) in [7, 11) is 0. The number of anilines is 2. The van der Waals surface area contributed by atoms with Crippen LogP contribution in [0.1, 0.15) is 31.1 Å². The summed E-state index contributed by atoms with van der Waals surface area (Å²) in [5.41, 5.74) is 0.804. The topological polar surface area (TPSA) is 102 Å². The van der Waals surface area contributed by atoms with Gasteiger partial charge in [-0.1, -0.05) is 23.9 Å². The van der Waals surface area contributed by atoms with E-state index in [1.165, 1.54) is 36.0 Å². The Morgan fingerprint density at radius 1 is 1.07 bits per heavy atom. The minimum Gasteiger partial charge on any atom is -0.325 e. The van der Waals surface area contributed by atoms with Crippen molar-refractivity contribution in [3.05, 3.63) is 59.9 Å². The fraction of sp³-hybridized carbons (Fsp3) is 0.250. The molecule has 0 aliphatic carbocycles. The third-order valence-corrected chi connectivity index (χ3v) is 4.88. The molecule has 0 atom stereocenters. The summed E-state index contributed by atoms with van der Waals surface area (Å²) in [6.07, 6.45) is 0. The lowest BCUT2D eigenvalue weighted by Gasteiger charge is -2.19. The van der Waals surface area contributed by atoms with Crippen LogP contribution < -0.4 is 10.6 Å². The van der Waals surface area contributed by atoms with Gasteiger partial charge in [0.05, 0.1) is 22.5 Å². The highest BCUT2D eigenvalue weighted by Crippen LogP contribution is 2.22. The number of carbonyl (C=O) groups excluding carboxylic acids is 2. The largest absolute Gasteiger partial charge is 0.325 e. The van der Waals surface area contributed by atoms with E-state index in [0.717, 1.165) is 0 Å².